The first-order valence-corrected chi connectivity index (χ1v) is 8.72. The van der Waals surface area contributed by atoms with Crippen molar-refractivity contribution in [3.05, 3.63) is 42.5 Å². The molecule has 2 atom stereocenters. The predicted molar refractivity (Wildman–Crippen MR) is 82.5 cm³/mol. The highest BCUT2D eigenvalue weighted by Crippen LogP contribution is 2.26. The van der Waals surface area contributed by atoms with Gasteiger partial charge in [0.2, 0.25) is 10.0 Å². The van der Waals surface area contributed by atoms with Crippen LogP contribution in [0.4, 0.5) is 0 Å². The summed E-state index contributed by atoms with van der Waals surface area (Å²) in [6, 6.07) is 12.7. The zero-order valence-corrected chi connectivity index (χ0v) is 12.5. The molecule has 1 aliphatic rings. The number of fused-ring (bicyclic) bond motifs is 1. The standard InChI is InChI=1S/C16H19NO3S/c18-15-9-3-7-13(15)11-17-21(19,20)16-10-4-6-12-5-1-2-8-14(12)16/h1-2,4-6,8,10,13,15,17-18H,3,7,9,11H2/t13-,15-/m0/s1. The van der Waals surface area contributed by atoms with Gasteiger partial charge in [0.25, 0.3) is 0 Å². The molecular weight excluding hydrogens is 286 g/mol. The zero-order chi connectivity index (χ0) is 14.9. The smallest absolute Gasteiger partial charge is 0.241 e. The third kappa shape index (κ3) is 2.95. The van der Waals surface area contributed by atoms with E-state index < -0.39 is 10.0 Å². The third-order valence-corrected chi connectivity index (χ3v) is 5.68. The van der Waals surface area contributed by atoms with Gasteiger partial charge >= 0.3 is 0 Å². The second-order valence-electron chi connectivity index (χ2n) is 5.59. The van der Waals surface area contributed by atoms with E-state index in [0.29, 0.717) is 11.4 Å². The van der Waals surface area contributed by atoms with Crippen LogP contribution in [0.3, 0.4) is 0 Å². The monoisotopic (exact) mass is 305 g/mol. The van der Waals surface area contributed by atoms with Gasteiger partial charge in [-0.2, -0.15) is 0 Å². The molecule has 2 N–H and O–H groups in total. The lowest BCUT2D eigenvalue weighted by Gasteiger charge is -2.16. The largest absolute Gasteiger partial charge is 0.393 e. The van der Waals surface area contributed by atoms with Gasteiger partial charge < -0.3 is 5.11 Å². The molecule has 112 valence electrons. The van der Waals surface area contributed by atoms with Crippen molar-refractivity contribution < 1.29 is 13.5 Å². The second kappa shape index (κ2) is 5.75. The molecule has 0 saturated heterocycles. The quantitative estimate of drug-likeness (QED) is 0.910. The van der Waals surface area contributed by atoms with Crippen molar-refractivity contribution in [1.82, 2.24) is 4.72 Å². The Labute approximate surface area is 124 Å². The number of aliphatic hydroxyl groups excluding tert-OH is 1. The van der Waals surface area contributed by atoms with Crippen LogP contribution in [-0.2, 0) is 10.0 Å². The summed E-state index contributed by atoms with van der Waals surface area (Å²) in [5.41, 5.74) is 0. The Morgan fingerprint density at radius 3 is 2.62 bits per heavy atom. The van der Waals surface area contributed by atoms with E-state index in [4.69, 9.17) is 0 Å². The minimum absolute atomic E-state index is 0.0229. The van der Waals surface area contributed by atoms with Gasteiger partial charge in [0.05, 0.1) is 11.0 Å². The van der Waals surface area contributed by atoms with Crippen molar-refractivity contribution in [3.63, 3.8) is 0 Å². The molecule has 2 aromatic carbocycles. The van der Waals surface area contributed by atoms with E-state index in [2.05, 4.69) is 4.72 Å². The molecule has 0 heterocycles. The molecule has 5 heteroatoms. The first-order valence-electron chi connectivity index (χ1n) is 7.23. The molecule has 21 heavy (non-hydrogen) atoms. The van der Waals surface area contributed by atoms with Gasteiger partial charge in [-0.1, -0.05) is 42.8 Å². The summed E-state index contributed by atoms with van der Waals surface area (Å²) >= 11 is 0. The maximum absolute atomic E-state index is 12.5. The Morgan fingerprint density at radius 2 is 1.86 bits per heavy atom. The summed E-state index contributed by atoms with van der Waals surface area (Å²) in [5.74, 6) is 0.0229. The SMILES string of the molecule is O=S(=O)(NC[C@@H]1CCC[C@@H]1O)c1cccc2ccccc12. The minimum Gasteiger partial charge on any atom is -0.393 e. The molecule has 1 aliphatic carbocycles. The van der Waals surface area contributed by atoms with Gasteiger partial charge in [-0.05, 0) is 30.2 Å². The second-order valence-corrected chi connectivity index (χ2v) is 7.32. The topological polar surface area (TPSA) is 66.4 Å². The molecule has 2 aromatic rings. The summed E-state index contributed by atoms with van der Waals surface area (Å²) in [5, 5.41) is 11.4. The van der Waals surface area contributed by atoms with Crippen molar-refractivity contribution in [3.8, 4) is 0 Å². The van der Waals surface area contributed by atoms with Crippen molar-refractivity contribution >= 4 is 20.8 Å². The molecule has 0 amide bonds. The normalized spacial score (nSPS) is 22.7. The van der Waals surface area contributed by atoms with E-state index in [0.717, 1.165) is 30.0 Å². The minimum atomic E-state index is -3.56. The first kappa shape index (κ1) is 14.5. The van der Waals surface area contributed by atoms with Crippen LogP contribution in [0.15, 0.2) is 47.4 Å². The Hall–Kier alpha value is -1.43. The molecule has 0 unspecified atom stereocenters. The summed E-state index contributed by atoms with van der Waals surface area (Å²) in [7, 11) is -3.56. The van der Waals surface area contributed by atoms with Gasteiger partial charge in [-0.3, -0.25) is 0 Å². The summed E-state index contributed by atoms with van der Waals surface area (Å²) in [6.07, 6.45) is 2.21. The molecule has 1 saturated carbocycles. The van der Waals surface area contributed by atoms with Gasteiger partial charge in [-0.15, -0.1) is 0 Å². The van der Waals surface area contributed by atoms with Crippen LogP contribution in [0, 0.1) is 5.92 Å². The fraction of sp³-hybridized carbons (Fsp3) is 0.375. The maximum atomic E-state index is 12.5. The van der Waals surface area contributed by atoms with Crippen molar-refractivity contribution in [2.45, 2.75) is 30.3 Å². The average Bonchev–Trinajstić information content (AvgIpc) is 2.90. The number of nitrogens with one attached hydrogen (secondary N) is 1. The van der Waals surface area contributed by atoms with Crippen molar-refractivity contribution in [1.29, 1.82) is 0 Å². The molecule has 0 aliphatic heterocycles. The molecule has 0 spiro atoms. The van der Waals surface area contributed by atoms with Crippen LogP contribution in [-0.4, -0.2) is 26.2 Å². The lowest BCUT2D eigenvalue weighted by atomic mass is 10.1. The van der Waals surface area contributed by atoms with Gasteiger partial charge in [0.15, 0.2) is 0 Å². The third-order valence-electron chi connectivity index (χ3n) is 4.19. The summed E-state index contributed by atoms with van der Waals surface area (Å²) in [6.45, 7) is 0.298. The molecule has 0 radical (unpaired) electrons. The first-order chi connectivity index (χ1) is 10.1. The van der Waals surface area contributed by atoms with Gasteiger partial charge in [0, 0.05) is 11.9 Å². The van der Waals surface area contributed by atoms with E-state index in [1.165, 1.54) is 0 Å². The zero-order valence-electron chi connectivity index (χ0n) is 11.7. The number of aliphatic hydroxyl groups is 1. The molecule has 4 nitrogen and oxygen atoms in total. The van der Waals surface area contributed by atoms with Crippen LogP contribution in [0.1, 0.15) is 19.3 Å². The van der Waals surface area contributed by atoms with Crippen LogP contribution in [0.2, 0.25) is 0 Å². The number of benzene rings is 2. The van der Waals surface area contributed by atoms with Gasteiger partial charge in [0.1, 0.15) is 0 Å². The van der Waals surface area contributed by atoms with Gasteiger partial charge in [-0.25, -0.2) is 13.1 Å². The van der Waals surface area contributed by atoms with Crippen LogP contribution in [0.5, 0.6) is 0 Å². The van der Waals surface area contributed by atoms with Crippen LogP contribution < -0.4 is 4.72 Å². The fourth-order valence-electron chi connectivity index (χ4n) is 2.98. The highest BCUT2D eigenvalue weighted by atomic mass is 32.2. The van der Waals surface area contributed by atoms with Crippen LogP contribution >= 0.6 is 0 Å². The van der Waals surface area contributed by atoms with Crippen molar-refractivity contribution in [2.75, 3.05) is 6.54 Å². The lowest BCUT2D eigenvalue weighted by molar-refractivity contribution is 0.134. The van der Waals surface area contributed by atoms with E-state index >= 15 is 0 Å². The predicted octanol–water partition coefficient (Wildman–Crippen LogP) is 2.28. The molecule has 3 rings (SSSR count). The number of hydrogen-bond donors (Lipinski definition) is 2. The highest BCUT2D eigenvalue weighted by Gasteiger charge is 2.27. The van der Waals surface area contributed by atoms with E-state index in [1.807, 2.05) is 30.3 Å². The Bertz CT molecular complexity index is 737. The fourth-order valence-corrected chi connectivity index (χ4v) is 4.30. The Balaban J connectivity index is 1.86. The Morgan fingerprint density at radius 1 is 1.10 bits per heavy atom. The number of rotatable bonds is 4. The number of hydrogen-bond acceptors (Lipinski definition) is 3. The van der Waals surface area contributed by atoms with E-state index in [9.17, 15) is 13.5 Å². The summed E-state index contributed by atoms with van der Waals surface area (Å²) < 4.78 is 27.7. The lowest BCUT2D eigenvalue weighted by Crippen LogP contribution is -2.32. The van der Waals surface area contributed by atoms with Crippen LogP contribution in [0.25, 0.3) is 10.8 Å². The summed E-state index contributed by atoms with van der Waals surface area (Å²) in [4.78, 5) is 0.299. The van der Waals surface area contributed by atoms with E-state index in [-0.39, 0.29) is 12.0 Å². The van der Waals surface area contributed by atoms with Crippen molar-refractivity contribution in [2.24, 2.45) is 5.92 Å². The average molecular weight is 305 g/mol. The molecule has 0 aromatic heterocycles. The highest BCUT2D eigenvalue weighted by molar-refractivity contribution is 7.89. The molecule has 0 bridgehead atoms. The van der Waals surface area contributed by atoms with E-state index in [1.54, 1.807) is 12.1 Å². The molecular formula is C16H19NO3S. The Kier molecular flexibility index (Phi) is 3.97. The maximum Gasteiger partial charge on any atom is 0.241 e. The molecule has 1 fully saturated rings. The number of sulfonamides is 1.